The Balaban J connectivity index is 1.40. The van der Waals surface area contributed by atoms with Gasteiger partial charge in [-0.05, 0) is 56.1 Å². The van der Waals surface area contributed by atoms with E-state index in [0.29, 0.717) is 0 Å². The van der Waals surface area contributed by atoms with E-state index in [4.69, 9.17) is 0 Å². The van der Waals surface area contributed by atoms with Crippen LogP contribution in [0.25, 0.3) is 0 Å². The fourth-order valence-corrected chi connectivity index (χ4v) is 4.01. The lowest BCUT2D eigenvalue weighted by Gasteiger charge is -2.38. The van der Waals surface area contributed by atoms with Crippen LogP contribution >= 0.6 is 0 Å². The molecule has 1 aliphatic heterocycles. The van der Waals surface area contributed by atoms with Crippen molar-refractivity contribution in [3.63, 3.8) is 0 Å². The van der Waals surface area contributed by atoms with E-state index in [1.807, 2.05) is 12.3 Å². The number of hydrogen-bond donors (Lipinski definition) is 1. The first kappa shape index (κ1) is 15.9. The number of rotatable bonds is 4. The van der Waals surface area contributed by atoms with Crippen molar-refractivity contribution in [1.82, 2.24) is 15.2 Å². The summed E-state index contributed by atoms with van der Waals surface area (Å²) in [5, 5.41) is 3.95. The SMILES string of the molecule is C[C@@H]1CC[C@@H](NC2CCN(Cc3ccccn3)CC2)C[C@H]1C. The zero-order valence-electron chi connectivity index (χ0n) is 14.2. The van der Waals surface area contributed by atoms with Gasteiger partial charge in [-0.1, -0.05) is 19.9 Å². The molecule has 1 saturated carbocycles. The fourth-order valence-electron chi connectivity index (χ4n) is 4.01. The Bertz CT molecular complexity index is 439. The van der Waals surface area contributed by atoms with Gasteiger partial charge in [0.1, 0.15) is 0 Å². The number of aromatic nitrogens is 1. The second-order valence-corrected chi connectivity index (χ2v) is 7.50. The van der Waals surface area contributed by atoms with E-state index in [1.54, 1.807) is 0 Å². The van der Waals surface area contributed by atoms with Crippen molar-refractivity contribution in [2.75, 3.05) is 13.1 Å². The second kappa shape index (κ2) is 7.56. The minimum absolute atomic E-state index is 0.727. The van der Waals surface area contributed by atoms with Crippen molar-refractivity contribution < 1.29 is 0 Å². The summed E-state index contributed by atoms with van der Waals surface area (Å²) < 4.78 is 0. The summed E-state index contributed by atoms with van der Waals surface area (Å²) in [6.45, 7) is 8.25. The van der Waals surface area contributed by atoms with Gasteiger partial charge in [-0.25, -0.2) is 0 Å². The first-order chi connectivity index (χ1) is 10.7. The molecule has 0 radical (unpaired) electrons. The van der Waals surface area contributed by atoms with Gasteiger partial charge in [-0.3, -0.25) is 9.88 Å². The third-order valence-corrected chi connectivity index (χ3v) is 5.77. The van der Waals surface area contributed by atoms with E-state index in [9.17, 15) is 0 Å². The Morgan fingerprint density at radius 1 is 1.05 bits per heavy atom. The van der Waals surface area contributed by atoms with Crippen LogP contribution in [0.5, 0.6) is 0 Å². The first-order valence-electron chi connectivity index (χ1n) is 9.09. The predicted octanol–water partition coefficient (Wildman–Crippen LogP) is 3.46. The molecule has 1 aromatic rings. The van der Waals surface area contributed by atoms with Gasteiger partial charge < -0.3 is 5.32 Å². The van der Waals surface area contributed by atoms with Gasteiger partial charge in [0, 0.05) is 37.9 Å². The van der Waals surface area contributed by atoms with E-state index < -0.39 is 0 Å². The van der Waals surface area contributed by atoms with Crippen LogP contribution < -0.4 is 5.32 Å². The summed E-state index contributed by atoms with van der Waals surface area (Å²) >= 11 is 0. The van der Waals surface area contributed by atoms with Gasteiger partial charge in [-0.2, -0.15) is 0 Å². The van der Waals surface area contributed by atoms with Crippen molar-refractivity contribution >= 4 is 0 Å². The van der Waals surface area contributed by atoms with Crippen LogP contribution in [0.1, 0.15) is 51.6 Å². The lowest BCUT2D eigenvalue weighted by Crippen LogP contribution is -2.47. The quantitative estimate of drug-likeness (QED) is 0.923. The lowest BCUT2D eigenvalue weighted by atomic mass is 9.79. The molecule has 0 amide bonds. The number of nitrogens with one attached hydrogen (secondary N) is 1. The lowest BCUT2D eigenvalue weighted by molar-refractivity contribution is 0.159. The molecule has 1 aliphatic carbocycles. The smallest absolute Gasteiger partial charge is 0.0543 e. The molecule has 3 heteroatoms. The van der Waals surface area contributed by atoms with Crippen LogP contribution in [-0.2, 0) is 6.54 Å². The first-order valence-corrected chi connectivity index (χ1v) is 9.09. The third-order valence-electron chi connectivity index (χ3n) is 5.77. The van der Waals surface area contributed by atoms with Crippen LogP contribution in [0.3, 0.4) is 0 Å². The van der Waals surface area contributed by atoms with E-state index >= 15 is 0 Å². The van der Waals surface area contributed by atoms with Crippen LogP contribution in [-0.4, -0.2) is 35.1 Å². The Morgan fingerprint density at radius 2 is 1.86 bits per heavy atom. The maximum atomic E-state index is 4.44. The molecule has 0 unspecified atom stereocenters. The van der Waals surface area contributed by atoms with Gasteiger partial charge in [0.2, 0.25) is 0 Å². The van der Waals surface area contributed by atoms with Crippen LogP contribution in [0, 0.1) is 11.8 Å². The van der Waals surface area contributed by atoms with E-state index in [-0.39, 0.29) is 0 Å². The molecule has 1 N–H and O–H groups in total. The Labute approximate surface area is 135 Å². The molecule has 0 spiro atoms. The summed E-state index contributed by atoms with van der Waals surface area (Å²) in [5.41, 5.74) is 1.20. The molecule has 0 bridgehead atoms. The molecule has 2 fully saturated rings. The highest BCUT2D eigenvalue weighted by Crippen LogP contribution is 2.30. The monoisotopic (exact) mass is 301 g/mol. The van der Waals surface area contributed by atoms with Crippen molar-refractivity contribution in [3.8, 4) is 0 Å². The molecule has 3 atom stereocenters. The number of nitrogens with zero attached hydrogens (tertiary/aromatic N) is 2. The maximum Gasteiger partial charge on any atom is 0.0543 e. The molecule has 3 nitrogen and oxygen atoms in total. The molecule has 0 aromatic carbocycles. The summed E-state index contributed by atoms with van der Waals surface area (Å²) in [7, 11) is 0. The number of piperidine rings is 1. The van der Waals surface area contributed by atoms with E-state index in [2.05, 4.69) is 41.2 Å². The van der Waals surface area contributed by atoms with E-state index in [1.165, 1.54) is 50.9 Å². The van der Waals surface area contributed by atoms with Crippen molar-refractivity contribution in [1.29, 1.82) is 0 Å². The minimum atomic E-state index is 0.727. The molecular formula is C19H31N3. The average molecular weight is 301 g/mol. The third kappa shape index (κ3) is 4.30. The largest absolute Gasteiger partial charge is 0.311 e. The molecule has 22 heavy (non-hydrogen) atoms. The number of likely N-dealkylation sites (tertiary alicyclic amines) is 1. The molecule has 2 heterocycles. The van der Waals surface area contributed by atoms with Gasteiger partial charge in [0.05, 0.1) is 5.69 Å². The Hall–Kier alpha value is -0.930. The van der Waals surface area contributed by atoms with Crippen molar-refractivity contribution in [2.45, 2.75) is 64.6 Å². The highest BCUT2D eigenvalue weighted by atomic mass is 15.1. The van der Waals surface area contributed by atoms with Crippen molar-refractivity contribution in [3.05, 3.63) is 30.1 Å². The zero-order chi connectivity index (χ0) is 15.4. The highest BCUT2D eigenvalue weighted by Gasteiger charge is 2.27. The molecule has 1 saturated heterocycles. The van der Waals surface area contributed by atoms with Crippen LogP contribution in [0.2, 0.25) is 0 Å². The standard InChI is InChI=1S/C19H31N3/c1-15-6-7-18(13-16(15)2)21-17-8-11-22(12-9-17)14-19-5-3-4-10-20-19/h3-5,10,15-18,21H,6-9,11-14H2,1-2H3/t15-,16-,18-/m1/s1. The number of hydrogen-bond acceptors (Lipinski definition) is 3. The topological polar surface area (TPSA) is 28.2 Å². The van der Waals surface area contributed by atoms with Crippen LogP contribution in [0.15, 0.2) is 24.4 Å². The summed E-state index contributed by atoms with van der Waals surface area (Å²) in [5.74, 6) is 1.80. The fraction of sp³-hybridized carbons (Fsp3) is 0.737. The van der Waals surface area contributed by atoms with Gasteiger partial charge in [0.25, 0.3) is 0 Å². The molecule has 1 aromatic heterocycles. The number of pyridine rings is 1. The summed E-state index contributed by atoms with van der Waals surface area (Å²) in [6.07, 6.45) is 8.61. The molecular weight excluding hydrogens is 270 g/mol. The van der Waals surface area contributed by atoms with Crippen molar-refractivity contribution in [2.24, 2.45) is 11.8 Å². The predicted molar refractivity (Wildman–Crippen MR) is 91.6 cm³/mol. The Kier molecular flexibility index (Phi) is 5.48. The van der Waals surface area contributed by atoms with Gasteiger partial charge in [0.15, 0.2) is 0 Å². The van der Waals surface area contributed by atoms with E-state index in [0.717, 1.165) is 30.5 Å². The normalized spacial score (nSPS) is 31.3. The zero-order valence-corrected chi connectivity index (χ0v) is 14.2. The van der Waals surface area contributed by atoms with Crippen LogP contribution in [0.4, 0.5) is 0 Å². The Morgan fingerprint density at radius 3 is 2.55 bits per heavy atom. The summed E-state index contributed by atoms with van der Waals surface area (Å²) in [6, 6.07) is 7.70. The maximum absolute atomic E-state index is 4.44. The average Bonchev–Trinajstić information content (AvgIpc) is 2.54. The van der Waals surface area contributed by atoms with Gasteiger partial charge in [-0.15, -0.1) is 0 Å². The minimum Gasteiger partial charge on any atom is -0.311 e. The summed E-state index contributed by atoms with van der Waals surface area (Å²) in [4.78, 5) is 6.99. The molecule has 3 rings (SSSR count). The molecule has 2 aliphatic rings. The van der Waals surface area contributed by atoms with Gasteiger partial charge >= 0.3 is 0 Å². The molecule has 122 valence electrons. The second-order valence-electron chi connectivity index (χ2n) is 7.50. The highest BCUT2D eigenvalue weighted by molar-refractivity contribution is 5.03.